The molecule has 0 bridgehead atoms. The molecule has 4 rings (SSSR count). The first-order valence-electron chi connectivity index (χ1n) is 9.15. The molecule has 0 spiro atoms. The molecule has 0 atom stereocenters. The highest BCUT2D eigenvalue weighted by molar-refractivity contribution is 6.01. The number of carbonyl (C=O) groups excluding carboxylic acids is 1. The molecule has 3 aromatic rings. The average Bonchev–Trinajstić information content (AvgIpc) is 3.17. The second kappa shape index (κ2) is 7.46. The maximum absolute atomic E-state index is 12.7. The van der Waals surface area contributed by atoms with Crippen LogP contribution in [0.1, 0.15) is 30.1 Å². The normalized spacial score (nSPS) is 15.7. The maximum atomic E-state index is 12.7. The van der Waals surface area contributed by atoms with Crippen molar-refractivity contribution in [2.24, 2.45) is 0 Å². The van der Waals surface area contributed by atoms with Gasteiger partial charge in [-0.3, -0.25) is 4.79 Å². The van der Waals surface area contributed by atoms with Crippen molar-refractivity contribution in [2.45, 2.75) is 18.8 Å². The van der Waals surface area contributed by atoms with Gasteiger partial charge in [-0.15, -0.1) is 0 Å². The summed E-state index contributed by atoms with van der Waals surface area (Å²) in [5.74, 6) is 1.11. The third-order valence-corrected chi connectivity index (χ3v) is 5.04. The van der Waals surface area contributed by atoms with Gasteiger partial charge in [-0.2, -0.15) is 5.26 Å². The predicted octanol–water partition coefficient (Wildman–Crippen LogP) is 3.88. The van der Waals surface area contributed by atoms with E-state index in [0.717, 1.165) is 35.3 Å². The zero-order valence-corrected chi connectivity index (χ0v) is 14.9. The number of likely N-dealkylation sites (tertiary alicyclic amines) is 1. The predicted molar refractivity (Wildman–Crippen MR) is 105 cm³/mol. The van der Waals surface area contributed by atoms with Gasteiger partial charge in [0.1, 0.15) is 17.5 Å². The first-order chi connectivity index (χ1) is 13.2. The summed E-state index contributed by atoms with van der Waals surface area (Å²) in [5.41, 5.74) is 3.06. The van der Waals surface area contributed by atoms with E-state index in [1.165, 1.54) is 0 Å². The van der Waals surface area contributed by atoms with Gasteiger partial charge in [0.05, 0.1) is 11.0 Å². The molecular formula is C22H20N4O. The molecule has 1 aliphatic rings. The number of nitrogens with one attached hydrogen (secondary N) is 1. The van der Waals surface area contributed by atoms with E-state index in [2.05, 4.69) is 11.1 Å². The summed E-state index contributed by atoms with van der Waals surface area (Å²) in [7, 11) is 0. The minimum atomic E-state index is -0.190. The smallest absolute Gasteiger partial charge is 0.264 e. The second-order valence-corrected chi connectivity index (χ2v) is 6.79. The zero-order valence-electron chi connectivity index (χ0n) is 14.9. The molecule has 5 heteroatoms. The highest BCUT2D eigenvalue weighted by Gasteiger charge is 2.27. The molecule has 0 unspecified atom stereocenters. The summed E-state index contributed by atoms with van der Waals surface area (Å²) in [5, 5.41) is 9.42. The van der Waals surface area contributed by atoms with E-state index in [4.69, 9.17) is 4.98 Å². The van der Waals surface area contributed by atoms with Crippen molar-refractivity contribution in [3.8, 4) is 6.07 Å². The van der Waals surface area contributed by atoms with Crippen LogP contribution in [0.25, 0.3) is 17.1 Å². The highest BCUT2D eigenvalue weighted by atomic mass is 16.2. The molecule has 27 heavy (non-hydrogen) atoms. The summed E-state index contributed by atoms with van der Waals surface area (Å²) < 4.78 is 0. The van der Waals surface area contributed by atoms with Crippen molar-refractivity contribution in [3.63, 3.8) is 0 Å². The van der Waals surface area contributed by atoms with Crippen molar-refractivity contribution < 1.29 is 4.79 Å². The Morgan fingerprint density at radius 1 is 1.11 bits per heavy atom. The molecule has 1 aromatic heterocycles. The number of fused-ring (bicyclic) bond motifs is 1. The summed E-state index contributed by atoms with van der Waals surface area (Å²) in [6.45, 7) is 1.27. The number of nitrogens with zero attached hydrogens (tertiary/aromatic N) is 3. The molecule has 1 fully saturated rings. The van der Waals surface area contributed by atoms with Gasteiger partial charge in [-0.25, -0.2) is 4.98 Å². The number of nitriles is 1. The Balaban J connectivity index is 1.44. The molecule has 1 N–H and O–H groups in total. The third kappa shape index (κ3) is 3.61. The van der Waals surface area contributed by atoms with Crippen molar-refractivity contribution in [1.29, 1.82) is 5.26 Å². The maximum Gasteiger partial charge on any atom is 0.264 e. The van der Waals surface area contributed by atoms with E-state index in [1.807, 2.05) is 54.6 Å². The van der Waals surface area contributed by atoms with E-state index in [-0.39, 0.29) is 11.5 Å². The summed E-state index contributed by atoms with van der Waals surface area (Å²) in [6.07, 6.45) is 3.35. The lowest BCUT2D eigenvalue weighted by Gasteiger charge is -2.31. The van der Waals surface area contributed by atoms with Gasteiger partial charge in [0.15, 0.2) is 0 Å². The molecule has 5 nitrogen and oxygen atoms in total. The molecule has 1 aliphatic heterocycles. The Morgan fingerprint density at radius 2 is 1.81 bits per heavy atom. The lowest BCUT2D eigenvalue weighted by Crippen LogP contribution is -2.38. The van der Waals surface area contributed by atoms with Crippen LogP contribution in [-0.4, -0.2) is 33.9 Å². The number of aromatic amines is 1. The average molecular weight is 356 g/mol. The lowest BCUT2D eigenvalue weighted by molar-refractivity contribution is -0.127. The number of H-pyrrole nitrogens is 1. The Hall–Kier alpha value is -3.39. The third-order valence-electron chi connectivity index (χ3n) is 5.04. The van der Waals surface area contributed by atoms with Gasteiger partial charge >= 0.3 is 0 Å². The Bertz CT molecular complexity index is 988. The number of para-hydroxylation sites is 2. The summed E-state index contributed by atoms with van der Waals surface area (Å²) >= 11 is 0. The van der Waals surface area contributed by atoms with Gasteiger partial charge < -0.3 is 9.88 Å². The Morgan fingerprint density at radius 3 is 2.52 bits per heavy atom. The number of rotatable bonds is 3. The van der Waals surface area contributed by atoms with Crippen molar-refractivity contribution in [3.05, 3.63) is 71.6 Å². The number of benzene rings is 2. The molecule has 1 saturated heterocycles. The van der Waals surface area contributed by atoms with E-state index in [1.54, 1.807) is 11.0 Å². The number of hydrogen-bond acceptors (Lipinski definition) is 3. The van der Waals surface area contributed by atoms with Gasteiger partial charge in [-0.1, -0.05) is 42.5 Å². The first-order valence-corrected chi connectivity index (χ1v) is 9.15. The summed E-state index contributed by atoms with van der Waals surface area (Å²) in [6, 6.07) is 19.5. The Kier molecular flexibility index (Phi) is 4.71. The van der Waals surface area contributed by atoms with E-state index in [9.17, 15) is 10.1 Å². The van der Waals surface area contributed by atoms with Crippen LogP contribution >= 0.6 is 0 Å². The minimum Gasteiger partial charge on any atom is -0.342 e. The second-order valence-electron chi connectivity index (χ2n) is 6.79. The molecule has 134 valence electrons. The standard InChI is InChI=1S/C22H20N4O/c23-15-18(14-16-6-2-1-3-7-16)22(27)26-12-10-17(11-13-26)21-24-19-8-4-5-9-20(19)25-21/h1-9,14,17H,10-13H2,(H,24,25)/b18-14+. The fraction of sp³-hybridized carbons (Fsp3) is 0.227. The molecule has 2 heterocycles. The van der Waals surface area contributed by atoms with Gasteiger partial charge in [0.2, 0.25) is 0 Å². The topological polar surface area (TPSA) is 72.8 Å². The first kappa shape index (κ1) is 17.0. The van der Waals surface area contributed by atoms with Gasteiger partial charge in [0.25, 0.3) is 5.91 Å². The van der Waals surface area contributed by atoms with Crippen LogP contribution in [0.5, 0.6) is 0 Å². The number of piperidine rings is 1. The molecule has 1 amide bonds. The SMILES string of the molecule is N#C/C(=C\c1ccccc1)C(=O)N1CCC(c2nc3ccccc3[nH]2)CC1. The molecule has 0 aliphatic carbocycles. The number of carbonyl (C=O) groups is 1. The van der Waals surface area contributed by atoms with Crippen molar-refractivity contribution in [1.82, 2.24) is 14.9 Å². The summed E-state index contributed by atoms with van der Waals surface area (Å²) in [4.78, 5) is 22.6. The van der Waals surface area contributed by atoms with Crippen LogP contribution in [0.4, 0.5) is 0 Å². The minimum absolute atomic E-state index is 0.184. The fourth-order valence-electron chi connectivity index (χ4n) is 3.55. The van der Waals surface area contributed by atoms with Gasteiger partial charge in [0, 0.05) is 19.0 Å². The van der Waals surface area contributed by atoms with Crippen LogP contribution in [-0.2, 0) is 4.79 Å². The van der Waals surface area contributed by atoms with Crippen molar-refractivity contribution >= 4 is 23.0 Å². The van der Waals surface area contributed by atoms with Crippen LogP contribution in [0, 0.1) is 11.3 Å². The van der Waals surface area contributed by atoms with Crippen LogP contribution < -0.4 is 0 Å². The molecular weight excluding hydrogens is 336 g/mol. The van der Waals surface area contributed by atoms with Crippen molar-refractivity contribution in [2.75, 3.05) is 13.1 Å². The van der Waals surface area contributed by atoms with Crippen LogP contribution in [0.2, 0.25) is 0 Å². The monoisotopic (exact) mass is 356 g/mol. The molecule has 2 aromatic carbocycles. The van der Waals surface area contributed by atoms with Crippen LogP contribution in [0.15, 0.2) is 60.2 Å². The molecule has 0 saturated carbocycles. The number of hydrogen-bond donors (Lipinski definition) is 1. The fourth-order valence-corrected chi connectivity index (χ4v) is 3.55. The van der Waals surface area contributed by atoms with E-state index < -0.39 is 0 Å². The highest BCUT2D eigenvalue weighted by Crippen LogP contribution is 2.28. The van der Waals surface area contributed by atoms with Gasteiger partial charge in [-0.05, 0) is 36.6 Å². The largest absolute Gasteiger partial charge is 0.342 e. The zero-order chi connectivity index (χ0) is 18.6. The van der Waals surface area contributed by atoms with Crippen LogP contribution in [0.3, 0.4) is 0 Å². The lowest BCUT2D eigenvalue weighted by atomic mass is 9.95. The molecule has 0 radical (unpaired) electrons. The number of aromatic nitrogens is 2. The van der Waals surface area contributed by atoms with E-state index >= 15 is 0 Å². The Labute approximate surface area is 158 Å². The van der Waals surface area contributed by atoms with E-state index in [0.29, 0.717) is 19.0 Å². The number of amides is 1. The quantitative estimate of drug-likeness (QED) is 0.572. The number of imidazole rings is 1.